The average Bonchev–Trinajstić information content (AvgIpc) is 2.59. The first-order valence-corrected chi connectivity index (χ1v) is 7.75. The third-order valence-corrected chi connectivity index (χ3v) is 4.09. The molecule has 0 atom stereocenters. The molecule has 0 fully saturated rings. The molecule has 3 aromatic rings. The minimum atomic E-state index is -0.542. The van der Waals surface area contributed by atoms with Crippen LogP contribution in [0, 0.1) is 13.8 Å². The molecule has 2 heterocycles. The Morgan fingerprint density at radius 3 is 2.32 bits per heavy atom. The van der Waals surface area contributed by atoms with Crippen molar-refractivity contribution in [3.63, 3.8) is 0 Å². The largest absolute Gasteiger partial charge is 0.332 e. The Labute approximate surface area is 143 Å². The number of amides is 1. The van der Waals surface area contributed by atoms with Crippen molar-refractivity contribution in [2.45, 2.75) is 13.8 Å². The van der Waals surface area contributed by atoms with Gasteiger partial charge in [0.05, 0.1) is 10.9 Å². The highest BCUT2D eigenvalue weighted by Gasteiger charge is 2.19. The first-order valence-electron chi connectivity index (χ1n) is 7.75. The van der Waals surface area contributed by atoms with Crippen molar-refractivity contribution in [1.82, 2.24) is 14.1 Å². The number of hydrogen-bond donors (Lipinski definition) is 1. The maximum absolute atomic E-state index is 12.8. The van der Waals surface area contributed by atoms with Gasteiger partial charge in [-0.1, -0.05) is 17.7 Å². The molecule has 7 nitrogen and oxygen atoms in total. The van der Waals surface area contributed by atoms with E-state index in [0.29, 0.717) is 11.4 Å². The van der Waals surface area contributed by atoms with E-state index in [1.807, 2.05) is 19.1 Å². The van der Waals surface area contributed by atoms with Crippen molar-refractivity contribution in [3.05, 3.63) is 68.0 Å². The topological polar surface area (TPSA) is 86.0 Å². The van der Waals surface area contributed by atoms with E-state index in [0.717, 1.165) is 10.1 Å². The molecule has 0 saturated carbocycles. The number of carbonyl (C=O) groups excluding carboxylic acids is 1. The first-order chi connectivity index (χ1) is 11.8. The lowest BCUT2D eigenvalue weighted by Crippen LogP contribution is -2.38. The van der Waals surface area contributed by atoms with Crippen molar-refractivity contribution >= 4 is 22.6 Å². The summed E-state index contributed by atoms with van der Waals surface area (Å²) in [6, 6.07) is 8.90. The summed E-state index contributed by atoms with van der Waals surface area (Å²) in [5, 5.41) is 2.91. The highest BCUT2D eigenvalue weighted by Crippen LogP contribution is 2.16. The highest BCUT2D eigenvalue weighted by atomic mass is 16.2. The Kier molecular flexibility index (Phi) is 4.00. The Hall–Kier alpha value is -3.22. The standard InChI is InChI=1S/C18H18N4O3/c1-10-5-7-12(8-6-10)20-16(23)13-9-11(2)19-15-14(13)17(24)22(4)18(25)21(15)3/h5-9H,1-4H3,(H,20,23). The lowest BCUT2D eigenvalue weighted by Gasteiger charge is -2.12. The molecule has 1 aromatic carbocycles. The fraction of sp³-hybridized carbons (Fsp3) is 0.222. The Morgan fingerprint density at radius 1 is 1.04 bits per heavy atom. The number of fused-ring (bicyclic) bond motifs is 1. The number of nitrogens with zero attached hydrogens (tertiary/aromatic N) is 3. The van der Waals surface area contributed by atoms with E-state index in [1.165, 1.54) is 18.7 Å². The normalized spacial score (nSPS) is 10.9. The van der Waals surface area contributed by atoms with E-state index in [9.17, 15) is 14.4 Å². The van der Waals surface area contributed by atoms with Gasteiger partial charge in [-0.25, -0.2) is 9.78 Å². The summed E-state index contributed by atoms with van der Waals surface area (Å²) in [4.78, 5) is 41.7. The Morgan fingerprint density at radius 2 is 1.68 bits per heavy atom. The molecule has 25 heavy (non-hydrogen) atoms. The number of rotatable bonds is 2. The number of pyridine rings is 1. The summed E-state index contributed by atoms with van der Waals surface area (Å²) in [5.74, 6) is -0.421. The minimum absolute atomic E-state index is 0.125. The molecule has 0 spiro atoms. The predicted octanol–water partition coefficient (Wildman–Crippen LogP) is 1.50. The van der Waals surface area contributed by atoms with E-state index in [4.69, 9.17) is 0 Å². The van der Waals surface area contributed by atoms with Crippen LogP contribution in [0.4, 0.5) is 5.69 Å². The Balaban J connectivity index is 2.22. The minimum Gasteiger partial charge on any atom is -0.322 e. The van der Waals surface area contributed by atoms with Crippen molar-refractivity contribution in [2.75, 3.05) is 5.32 Å². The van der Waals surface area contributed by atoms with E-state index in [-0.39, 0.29) is 16.6 Å². The van der Waals surface area contributed by atoms with Crippen LogP contribution in [0.1, 0.15) is 21.6 Å². The third-order valence-electron chi connectivity index (χ3n) is 4.09. The molecule has 1 amide bonds. The van der Waals surface area contributed by atoms with E-state index < -0.39 is 17.2 Å². The van der Waals surface area contributed by atoms with Gasteiger partial charge in [0.1, 0.15) is 5.65 Å². The van der Waals surface area contributed by atoms with Crippen molar-refractivity contribution in [1.29, 1.82) is 0 Å². The second kappa shape index (κ2) is 6.01. The number of aryl methyl sites for hydroxylation is 3. The van der Waals surface area contributed by atoms with Gasteiger partial charge in [0.2, 0.25) is 0 Å². The molecular weight excluding hydrogens is 320 g/mol. The van der Waals surface area contributed by atoms with Crippen LogP contribution in [0.2, 0.25) is 0 Å². The van der Waals surface area contributed by atoms with Crippen LogP contribution >= 0.6 is 0 Å². The molecule has 2 aromatic heterocycles. The molecule has 1 N–H and O–H groups in total. The third kappa shape index (κ3) is 2.84. The van der Waals surface area contributed by atoms with Gasteiger partial charge in [0.15, 0.2) is 0 Å². The molecule has 7 heteroatoms. The average molecular weight is 338 g/mol. The van der Waals surface area contributed by atoms with Crippen LogP contribution in [0.15, 0.2) is 39.9 Å². The monoisotopic (exact) mass is 338 g/mol. The summed E-state index contributed by atoms with van der Waals surface area (Å²) in [7, 11) is 2.91. The highest BCUT2D eigenvalue weighted by molar-refractivity contribution is 6.11. The maximum atomic E-state index is 12.8. The second-order valence-corrected chi connectivity index (χ2v) is 6.04. The van der Waals surface area contributed by atoms with E-state index >= 15 is 0 Å². The van der Waals surface area contributed by atoms with Crippen molar-refractivity contribution in [2.24, 2.45) is 14.1 Å². The molecule has 0 bridgehead atoms. The molecule has 0 unspecified atom stereocenters. The van der Waals surface area contributed by atoms with Gasteiger partial charge in [-0.2, -0.15) is 0 Å². The second-order valence-electron chi connectivity index (χ2n) is 6.04. The van der Waals surface area contributed by atoms with Gasteiger partial charge in [0, 0.05) is 25.5 Å². The molecule has 0 saturated heterocycles. The lowest BCUT2D eigenvalue weighted by molar-refractivity contribution is 0.102. The molecule has 128 valence electrons. The van der Waals surface area contributed by atoms with Crippen LogP contribution in [0.5, 0.6) is 0 Å². The summed E-state index contributed by atoms with van der Waals surface area (Å²) in [5.41, 5.74) is 1.61. The van der Waals surface area contributed by atoms with Crippen LogP contribution in [-0.4, -0.2) is 20.0 Å². The summed E-state index contributed by atoms with van der Waals surface area (Å²) in [6.07, 6.45) is 0. The predicted molar refractivity (Wildman–Crippen MR) is 96.1 cm³/mol. The zero-order chi connectivity index (χ0) is 18.3. The SMILES string of the molecule is Cc1ccc(NC(=O)c2cc(C)nc3c2c(=O)n(C)c(=O)n3C)cc1. The van der Waals surface area contributed by atoms with Gasteiger partial charge in [-0.3, -0.25) is 18.7 Å². The molecule has 0 radical (unpaired) electrons. The van der Waals surface area contributed by atoms with Crippen LogP contribution in [0.3, 0.4) is 0 Å². The van der Waals surface area contributed by atoms with Gasteiger partial charge in [-0.05, 0) is 32.0 Å². The number of anilines is 1. The number of hydrogen-bond acceptors (Lipinski definition) is 4. The van der Waals surface area contributed by atoms with Gasteiger partial charge in [-0.15, -0.1) is 0 Å². The number of nitrogens with one attached hydrogen (secondary N) is 1. The quantitative estimate of drug-likeness (QED) is 0.767. The van der Waals surface area contributed by atoms with Crippen LogP contribution in [-0.2, 0) is 14.1 Å². The fourth-order valence-electron chi connectivity index (χ4n) is 2.69. The molecule has 0 aliphatic heterocycles. The van der Waals surface area contributed by atoms with Crippen molar-refractivity contribution < 1.29 is 4.79 Å². The zero-order valence-electron chi connectivity index (χ0n) is 14.5. The lowest BCUT2D eigenvalue weighted by atomic mass is 10.1. The molecular formula is C18H18N4O3. The van der Waals surface area contributed by atoms with Crippen LogP contribution in [0.25, 0.3) is 11.0 Å². The smallest absolute Gasteiger partial charge is 0.322 e. The summed E-state index contributed by atoms with van der Waals surface area (Å²) in [6.45, 7) is 3.67. The van der Waals surface area contributed by atoms with Gasteiger partial charge in [0.25, 0.3) is 11.5 Å². The van der Waals surface area contributed by atoms with Gasteiger partial charge >= 0.3 is 5.69 Å². The number of carbonyl (C=O) groups is 1. The van der Waals surface area contributed by atoms with E-state index in [2.05, 4.69) is 10.3 Å². The summed E-state index contributed by atoms with van der Waals surface area (Å²) >= 11 is 0. The van der Waals surface area contributed by atoms with E-state index in [1.54, 1.807) is 25.1 Å². The molecule has 0 aliphatic carbocycles. The fourth-order valence-corrected chi connectivity index (χ4v) is 2.69. The van der Waals surface area contributed by atoms with Gasteiger partial charge < -0.3 is 5.32 Å². The summed E-state index contributed by atoms with van der Waals surface area (Å²) < 4.78 is 2.24. The number of aromatic nitrogens is 3. The maximum Gasteiger partial charge on any atom is 0.332 e. The molecule has 0 aliphatic rings. The van der Waals surface area contributed by atoms with Crippen LogP contribution < -0.4 is 16.6 Å². The molecule has 3 rings (SSSR count). The first kappa shape index (κ1) is 16.6. The number of benzene rings is 1. The van der Waals surface area contributed by atoms with Crippen molar-refractivity contribution in [3.8, 4) is 0 Å². The zero-order valence-corrected chi connectivity index (χ0v) is 14.5. The Bertz CT molecular complexity index is 1110.